The van der Waals surface area contributed by atoms with Crippen LogP contribution in [0, 0.1) is 0 Å². The van der Waals surface area contributed by atoms with Crippen LogP contribution in [-0.2, 0) is 20.8 Å². The smallest absolute Gasteiger partial charge is 0.420 e. The number of esters is 1. The highest BCUT2D eigenvalue weighted by Crippen LogP contribution is 2.28. The van der Waals surface area contributed by atoms with Crippen LogP contribution in [0.15, 0.2) is 18.5 Å². The molecule has 3 heterocycles. The van der Waals surface area contributed by atoms with Crippen LogP contribution in [0.3, 0.4) is 0 Å². The Kier molecular flexibility index (Phi) is 7.45. The van der Waals surface area contributed by atoms with Gasteiger partial charge in [0, 0.05) is 43.5 Å². The molecule has 192 valence electrons. The van der Waals surface area contributed by atoms with Gasteiger partial charge >= 0.3 is 18.2 Å². The Morgan fingerprint density at radius 2 is 1.71 bits per heavy atom. The lowest BCUT2D eigenvalue weighted by atomic mass is 10.1. The van der Waals surface area contributed by atoms with E-state index in [1.165, 1.54) is 17.9 Å². The number of fused-ring (bicyclic) bond motifs is 1. The third-order valence-electron chi connectivity index (χ3n) is 5.62. The Balaban J connectivity index is 1.90. The monoisotopic (exact) mass is 488 g/mol. The van der Waals surface area contributed by atoms with Crippen molar-refractivity contribution in [2.45, 2.75) is 71.8 Å². The minimum absolute atomic E-state index is 0.0840. The number of hydrogen-bond donors (Lipinski definition) is 0. The summed E-state index contributed by atoms with van der Waals surface area (Å²) < 4.78 is 17.4. The second kappa shape index (κ2) is 9.85. The van der Waals surface area contributed by atoms with Crippen LogP contribution in [0.2, 0.25) is 0 Å². The Morgan fingerprint density at radius 1 is 1.09 bits per heavy atom. The Morgan fingerprint density at radius 3 is 2.31 bits per heavy atom. The van der Waals surface area contributed by atoms with Gasteiger partial charge in [0.15, 0.2) is 5.65 Å². The van der Waals surface area contributed by atoms with Gasteiger partial charge in [0.2, 0.25) is 0 Å². The summed E-state index contributed by atoms with van der Waals surface area (Å²) >= 11 is 0. The topological polar surface area (TPSA) is 103 Å². The zero-order chi connectivity index (χ0) is 26.1. The zero-order valence-electron chi connectivity index (χ0n) is 21.9. The van der Waals surface area contributed by atoms with Gasteiger partial charge in [0.1, 0.15) is 11.2 Å². The first-order valence-corrected chi connectivity index (χ1v) is 11.7. The van der Waals surface area contributed by atoms with Crippen LogP contribution < -0.4 is 0 Å². The average Bonchev–Trinajstić information content (AvgIpc) is 3.36. The number of aromatic nitrogens is 2. The predicted molar refractivity (Wildman–Crippen MR) is 130 cm³/mol. The number of likely N-dealkylation sites (tertiary alicyclic amines) is 1. The van der Waals surface area contributed by atoms with E-state index in [9.17, 15) is 14.4 Å². The molecule has 0 radical (unpaired) electrons. The summed E-state index contributed by atoms with van der Waals surface area (Å²) in [6.45, 7) is 12.4. The molecule has 0 N–H and O–H groups in total. The number of nitrogens with zero attached hydrogens (tertiary/aromatic N) is 4. The van der Waals surface area contributed by atoms with E-state index in [1.807, 2.05) is 27.8 Å². The van der Waals surface area contributed by atoms with Crippen LogP contribution in [0.4, 0.5) is 9.59 Å². The maximum absolute atomic E-state index is 12.9. The van der Waals surface area contributed by atoms with Crippen molar-refractivity contribution in [3.05, 3.63) is 29.6 Å². The van der Waals surface area contributed by atoms with E-state index in [-0.39, 0.29) is 12.1 Å². The molecule has 1 amide bonds. The number of amides is 1. The molecular weight excluding hydrogens is 452 g/mol. The number of hydrogen-bond acceptors (Lipinski definition) is 8. The molecule has 0 bridgehead atoms. The van der Waals surface area contributed by atoms with Gasteiger partial charge in [0.25, 0.3) is 0 Å². The van der Waals surface area contributed by atoms with Crippen molar-refractivity contribution in [2.24, 2.45) is 0 Å². The van der Waals surface area contributed by atoms with Gasteiger partial charge in [-0.1, -0.05) is 0 Å². The predicted octanol–water partition coefficient (Wildman–Crippen LogP) is 4.05. The molecular formula is C25H36N4O6. The lowest BCUT2D eigenvalue weighted by molar-refractivity contribution is 0.0281. The van der Waals surface area contributed by atoms with Crippen molar-refractivity contribution in [1.29, 1.82) is 0 Å². The van der Waals surface area contributed by atoms with Gasteiger partial charge in [-0.25, -0.2) is 23.9 Å². The third-order valence-corrected chi connectivity index (χ3v) is 5.62. The van der Waals surface area contributed by atoms with Gasteiger partial charge < -0.3 is 19.1 Å². The van der Waals surface area contributed by atoms with Gasteiger partial charge in [-0.15, -0.1) is 0 Å². The largest absolute Gasteiger partial charge is 0.465 e. The number of likely N-dealkylation sites (N-methyl/N-ethyl adjacent to an activating group) is 1. The summed E-state index contributed by atoms with van der Waals surface area (Å²) in [6, 6.07) is 1.66. The molecule has 10 heteroatoms. The van der Waals surface area contributed by atoms with E-state index >= 15 is 0 Å². The fraction of sp³-hybridized carbons (Fsp3) is 0.600. The van der Waals surface area contributed by atoms with Crippen molar-refractivity contribution < 1.29 is 28.6 Å². The first-order valence-electron chi connectivity index (χ1n) is 11.7. The summed E-state index contributed by atoms with van der Waals surface area (Å²) in [4.78, 5) is 46.1. The Hall–Kier alpha value is -3.14. The number of pyridine rings is 1. The van der Waals surface area contributed by atoms with E-state index < -0.39 is 23.3 Å². The molecule has 0 spiro atoms. The quantitative estimate of drug-likeness (QED) is 0.469. The first kappa shape index (κ1) is 26.5. The van der Waals surface area contributed by atoms with Crippen LogP contribution >= 0.6 is 0 Å². The molecule has 0 saturated carbocycles. The molecule has 2 aromatic heterocycles. The average molecular weight is 489 g/mol. The molecule has 1 fully saturated rings. The molecule has 1 aliphatic heterocycles. The Labute approximate surface area is 206 Å². The summed E-state index contributed by atoms with van der Waals surface area (Å²) in [7, 11) is 3.27. The molecule has 0 aliphatic carbocycles. The SMILES string of the molecule is COC(=O)c1ccnc2c1c(CN(C)C1CCN(C(=O)OC(C)(C)C)C1)cn2C(=O)OC(C)(C)C. The van der Waals surface area contributed by atoms with Crippen LogP contribution in [0.1, 0.15) is 63.9 Å². The molecule has 1 saturated heterocycles. The molecule has 1 unspecified atom stereocenters. The number of ether oxygens (including phenoxy) is 3. The summed E-state index contributed by atoms with van der Waals surface area (Å²) in [5.41, 5.74) is 0.136. The lowest BCUT2D eigenvalue weighted by Gasteiger charge is -2.26. The summed E-state index contributed by atoms with van der Waals surface area (Å²) in [5.74, 6) is -0.514. The van der Waals surface area contributed by atoms with Gasteiger partial charge in [-0.3, -0.25) is 4.90 Å². The fourth-order valence-electron chi connectivity index (χ4n) is 4.07. The summed E-state index contributed by atoms with van der Waals surface area (Å²) in [5, 5.41) is 0.541. The minimum Gasteiger partial charge on any atom is -0.465 e. The fourth-order valence-corrected chi connectivity index (χ4v) is 4.07. The van der Waals surface area contributed by atoms with Crippen molar-refractivity contribution in [3.8, 4) is 0 Å². The van der Waals surface area contributed by atoms with Crippen LogP contribution in [0.5, 0.6) is 0 Å². The number of carbonyl (C=O) groups excluding carboxylic acids is 3. The highest BCUT2D eigenvalue weighted by atomic mass is 16.6. The van der Waals surface area contributed by atoms with Gasteiger partial charge in [-0.2, -0.15) is 0 Å². The van der Waals surface area contributed by atoms with Gasteiger partial charge in [-0.05, 0) is 66.6 Å². The van der Waals surface area contributed by atoms with Crippen LogP contribution in [-0.4, -0.2) is 82.0 Å². The molecule has 2 aromatic rings. The van der Waals surface area contributed by atoms with Crippen molar-refractivity contribution >= 4 is 29.2 Å². The highest BCUT2D eigenvalue weighted by molar-refractivity contribution is 6.05. The molecule has 10 nitrogen and oxygen atoms in total. The van der Waals surface area contributed by atoms with E-state index in [2.05, 4.69) is 9.88 Å². The van der Waals surface area contributed by atoms with Crippen molar-refractivity contribution in [2.75, 3.05) is 27.2 Å². The number of rotatable bonds is 4. The minimum atomic E-state index is -0.695. The zero-order valence-corrected chi connectivity index (χ0v) is 21.9. The normalized spacial score (nSPS) is 16.6. The number of methoxy groups -OCH3 is 1. The third kappa shape index (κ3) is 6.30. The van der Waals surface area contributed by atoms with E-state index in [0.717, 1.165) is 12.0 Å². The summed E-state index contributed by atoms with van der Waals surface area (Å²) in [6.07, 6.45) is 3.01. The lowest BCUT2D eigenvalue weighted by Crippen LogP contribution is -2.38. The van der Waals surface area contributed by atoms with E-state index in [4.69, 9.17) is 14.2 Å². The maximum atomic E-state index is 12.9. The standard InChI is InChI=1S/C25H36N4O6/c1-24(2,3)34-22(31)28-12-10-17(15-28)27(7)13-16-14-29(23(32)35-25(4,5)6)20-19(16)18(9-11-26-20)21(30)33-8/h9,11,14,17H,10,12-13,15H2,1-8H3. The first-order chi connectivity index (χ1) is 16.2. The van der Waals surface area contributed by atoms with Crippen LogP contribution in [0.25, 0.3) is 11.0 Å². The van der Waals surface area contributed by atoms with E-state index in [1.54, 1.807) is 37.9 Å². The molecule has 0 aromatic carbocycles. The molecule has 3 rings (SSSR count). The second-order valence-corrected chi connectivity index (χ2v) is 10.8. The van der Waals surface area contributed by atoms with Crippen molar-refractivity contribution in [1.82, 2.24) is 19.4 Å². The maximum Gasteiger partial charge on any atom is 0.420 e. The van der Waals surface area contributed by atoms with Crippen molar-refractivity contribution in [3.63, 3.8) is 0 Å². The van der Waals surface area contributed by atoms with Gasteiger partial charge in [0.05, 0.1) is 12.7 Å². The second-order valence-electron chi connectivity index (χ2n) is 10.8. The Bertz CT molecular complexity index is 1110. The molecule has 35 heavy (non-hydrogen) atoms. The van der Waals surface area contributed by atoms with E-state index in [0.29, 0.717) is 36.2 Å². The highest BCUT2D eigenvalue weighted by Gasteiger charge is 2.33. The number of carbonyl (C=O) groups is 3. The molecule has 1 aliphatic rings. The molecule has 1 atom stereocenters.